The highest BCUT2D eigenvalue weighted by atomic mass is 35.5. The number of nitrogens with one attached hydrogen (secondary N) is 1. The summed E-state index contributed by atoms with van der Waals surface area (Å²) < 4.78 is 2.05. The van der Waals surface area contributed by atoms with Gasteiger partial charge >= 0.3 is 0 Å². The van der Waals surface area contributed by atoms with Crippen LogP contribution in [-0.4, -0.2) is 27.5 Å². The first-order valence-corrected chi connectivity index (χ1v) is 5.85. The monoisotopic (exact) mass is 236 g/mol. The smallest absolute Gasteiger partial charge is 0.235 e. The van der Waals surface area contributed by atoms with Gasteiger partial charge in [-0.3, -0.25) is 4.40 Å². The fraction of sp³-hybridized carbons (Fsp3) is 0.455. The fourth-order valence-corrected chi connectivity index (χ4v) is 2.55. The second kappa shape index (κ2) is 3.71. The minimum atomic E-state index is 0.494. The minimum Gasteiger partial charge on any atom is -0.316 e. The third-order valence-electron chi connectivity index (χ3n) is 3.13. The molecule has 0 radical (unpaired) electrons. The van der Waals surface area contributed by atoms with Crippen molar-refractivity contribution in [1.29, 1.82) is 0 Å². The molecule has 4 nitrogen and oxygen atoms in total. The predicted molar refractivity (Wildman–Crippen MR) is 63.0 cm³/mol. The molecular formula is C11H13ClN4. The molecule has 2 aromatic rings. The predicted octanol–water partition coefficient (Wildman–Crippen LogP) is 1.77. The summed E-state index contributed by atoms with van der Waals surface area (Å²) in [5, 5.41) is 3.87. The van der Waals surface area contributed by atoms with Gasteiger partial charge in [-0.25, -0.2) is 9.97 Å². The molecule has 0 aliphatic carbocycles. The first-order chi connectivity index (χ1) is 7.75. The Bertz CT molecular complexity index is 528. The zero-order valence-electron chi connectivity index (χ0n) is 9.07. The van der Waals surface area contributed by atoms with Gasteiger partial charge in [0, 0.05) is 18.7 Å². The van der Waals surface area contributed by atoms with Crippen molar-refractivity contribution in [1.82, 2.24) is 19.7 Å². The van der Waals surface area contributed by atoms with Gasteiger partial charge in [0.05, 0.1) is 11.4 Å². The molecule has 1 fully saturated rings. The van der Waals surface area contributed by atoms with E-state index in [1.165, 1.54) is 5.69 Å². The van der Waals surface area contributed by atoms with E-state index < -0.39 is 0 Å². The van der Waals surface area contributed by atoms with Gasteiger partial charge < -0.3 is 5.32 Å². The molecule has 1 aliphatic rings. The summed E-state index contributed by atoms with van der Waals surface area (Å²) in [6.45, 7) is 4.14. The van der Waals surface area contributed by atoms with E-state index in [2.05, 4.69) is 19.7 Å². The lowest BCUT2D eigenvalue weighted by molar-refractivity contribution is 0.718. The summed E-state index contributed by atoms with van der Waals surface area (Å²) in [4.78, 5) is 8.68. The zero-order valence-corrected chi connectivity index (χ0v) is 9.83. The largest absolute Gasteiger partial charge is 0.316 e. The van der Waals surface area contributed by atoms with Crippen molar-refractivity contribution in [3.05, 3.63) is 28.8 Å². The summed E-state index contributed by atoms with van der Waals surface area (Å²) >= 11 is 5.86. The Hall–Kier alpha value is -1.13. The summed E-state index contributed by atoms with van der Waals surface area (Å²) in [7, 11) is 0. The van der Waals surface area contributed by atoms with E-state index in [9.17, 15) is 0 Å². The number of aromatic nitrogens is 3. The van der Waals surface area contributed by atoms with Crippen molar-refractivity contribution < 1.29 is 0 Å². The lowest BCUT2D eigenvalue weighted by atomic mass is 10.0. The second-order valence-corrected chi connectivity index (χ2v) is 4.58. The molecule has 1 N–H and O–H groups in total. The van der Waals surface area contributed by atoms with Gasteiger partial charge in [-0.2, -0.15) is 0 Å². The lowest BCUT2D eigenvalue weighted by Gasteiger charge is -2.09. The maximum absolute atomic E-state index is 5.86. The molecule has 16 heavy (non-hydrogen) atoms. The first-order valence-electron chi connectivity index (χ1n) is 5.47. The van der Waals surface area contributed by atoms with Crippen molar-refractivity contribution in [2.75, 3.05) is 13.1 Å². The molecule has 1 atom stereocenters. The van der Waals surface area contributed by atoms with Gasteiger partial charge in [0.15, 0.2) is 0 Å². The SMILES string of the molecule is Cc1nc2nc(Cl)ccn2c1C1CCNC1. The van der Waals surface area contributed by atoms with E-state index in [1.807, 2.05) is 19.2 Å². The van der Waals surface area contributed by atoms with E-state index in [1.54, 1.807) is 0 Å². The Morgan fingerprint density at radius 3 is 3.12 bits per heavy atom. The highest BCUT2D eigenvalue weighted by Gasteiger charge is 2.23. The van der Waals surface area contributed by atoms with Crippen molar-refractivity contribution >= 4 is 17.4 Å². The van der Waals surface area contributed by atoms with E-state index in [0.717, 1.165) is 25.2 Å². The lowest BCUT2D eigenvalue weighted by Crippen LogP contribution is -2.10. The number of fused-ring (bicyclic) bond motifs is 1. The first kappa shape index (κ1) is 10.1. The van der Waals surface area contributed by atoms with E-state index >= 15 is 0 Å². The second-order valence-electron chi connectivity index (χ2n) is 4.19. The van der Waals surface area contributed by atoms with Gasteiger partial charge in [0.1, 0.15) is 5.15 Å². The third kappa shape index (κ3) is 1.49. The topological polar surface area (TPSA) is 42.2 Å². The van der Waals surface area contributed by atoms with E-state index in [4.69, 9.17) is 11.6 Å². The van der Waals surface area contributed by atoms with Crippen LogP contribution in [0.3, 0.4) is 0 Å². The van der Waals surface area contributed by atoms with Crippen LogP contribution >= 0.6 is 11.6 Å². The molecule has 1 saturated heterocycles. The van der Waals surface area contributed by atoms with Crippen LogP contribution in [0.4, 0.5) is 0 Å². The zero-order chi connectivity index (χ0) is 11.1. The summed E-state index contributed by atoms with van der Waals surface area (Å²) in [6.07, 6.45) is 3.12. The van der Waals surface area contributed by atoms with Crippen molar-refractivity contribution in [2.45, 2.75) is 19.3 Å². The van der Waals surface area contributed by atoms with Crippen LogP contribution in [0.15, 0.2) is 12.3 Å². The number of nitrogens with zero attached hydrogens (tertiary/aromatic N) is 3. The summed E-state index contributed by atoms with van der Waals surface area (Å²) in [5.41, 5.74) is 2.33. The normalized spacial score (nSPS) is 20.8. The average Bonchev–Trinajstić information content (AvgIpc) is 2.83. The number of imidazole rings is 1. The number of halogens is 1. The Labute approximate surface area is 98.7 Å². The molecule has 0 aromatic carbocycles. The van der Waals surface area contributed by atoms with Crippen molar-refractivity contribution in [3.8, 4) is 0 Å². The standard InChI is InChI=1S/C11H13ClN4/c1-7-10(8-2-4-13-6-8)16-5-3-9(12)15-11(16)14-7/h3,5,8,13H,2,4,6H2,1H3. The molecule has 3 rings (SSSR count). The number of aryl methyl sites for hydroxylation is 1. The van der Waals surface area contributed by atoms with Crippen LogP contribution in [0.1, 0.15) is 23.7 Å². The molecule has 0 spiro atoms. The highest BCUT2D eigenvalue weighted by molar-refractivity contribution is 6.29. The molecule has 84 valence electrons. The summed E-state index contributed by atoms with van der Waals surface area (Å²) in [5.74, 6) is 1.24. The molecule has 1 unspecified atom stereocenters. The average molecular weight is 237 g/mol. The minimum absolute atomic E-state index is 0.494. The number of rotatable bonds is 1. The molecule has 5 heteroatoms. The van der Waals surface area contributed by atoms with Crippen LogP contribution < -0.4 is 5.32 Å². The van der Waals surface area contributed by atoms with Crippen LogP contribution in [-0.2, 0) is 0 Å². The van der Waals surface area contributed by atoms with Crippen LogP contribution in [0.25, 0.3) is 5.78 Å². The Kier molecular flexibility index (Phi) is 2.33. The van der Waals surface area contributed by atoms with Gasteiger partial charge in [0.2, 0.25) is 5.78 Å². The Morgan fingerprint density at radius 2 is 2.38 bits per heavy atom. The van der Waals surface area contributed by atoms with E-state index in [0.29, 0.717) is 16.8 Å². The quantitative estimate of drug-likeness (QED) is 0.768. The van der Waals surface area contributed by atoms with Gasteiger partial charge in [-0.1, -0.05) is 11.6 Å². The van der Waals surface area contributed by atoms with E-state index in [-0.39, 0.29) is 0 Å². The maximum atomic E-state index is 5.86. The van der Waals surface area contributed by atoms with Crippen LogP contribution in [0.5, 0.6) is 0 Å². The van der Waals surface area contributed by atoms with Crippen LogP contribution in [0, 0.1) is 6.92 Å². The Balaban J connectivity index is 2.18. The maximum Gasteiger partial charge on any atom is 0.235 e. The van der Waals surface area contributed by atoms with Crippen molar-refractivity contribution in [3.63, 3.8) is 0 Å². The molecule has 0 amide bonds. The molecule has 0 bridgehead atoms. The molecule has 1 aliphatic heterocycles. The summed E-state index contributed by atoms with van der Waals surface area (Å²) in [6, 6.07) is 1.81. The fourth-order valence-electron chi connectivity index (χ4n) is 2.42. The number of hydrogen-bond acceptors (Lipinski definition) is 3. The number of hydrogen-bond donors (Lipinski definition) is 1. The van der Waals surface area contributed by atoms with Gasteiger partial charge in [0.25, 0.3) is 0 Å². The third-order valence-corrected chi connectivity index (χ3v) is 3.34. The molecule has 3 heterocycles. The Morgan fingerprint density at radius 1 is 1.50 bits per heavy atom. The van der Waals surface area contributed by atoms with Crippen molar-refractivity contribution in [2.24, 2.45) is 0 Å². The molecular weight excluding hydrogens is 224 g/mol. The molecule has 0 saturated carbocycles. The van der Waals surface area contributed by atoms with Crippen LogP contribution in [0.2, 0.25) is 5.15 Å². The van der Waals surface area contributed by atoms with Gasteiger partial charge in [-0.15, -0.1) is 0 Å². The highest BCUT2D eigenvalue weighted by Crippen LogP contribution is 2.26. The molecule has 2 aromatic heterocycles. The van der Waals surface area contributed by atoms with Gasteiger partial charge in [-0.05, 0) is 26.0 Å².